The van der Waals surface area contributed by atoms with Crippen molar-refractivity contribution in [1.82, 2.24) is 19.1 Å². The van der Waals surface area contributed by atoms with Crippen LogP contribution < -0.4 is 0 Å². The molecule has 0 aliphatic heterocycles. The zero-order valence-corrected chi connectivity index (χ0v) is 39.1. The van der Waals surface area contributed by atoms with Crippen LogP contribution in [0.15, 0.2) is 243 Å². The van der Waals surface area contributed by atoms with E-state index in [4.69, 9.17) is 9.97 Å². The fourth-order valence-corrected chi connectivity index (χ4v) is 12.4. The Balaban J connectivity index is 0.945. The summed E-state index contributed by atoms with van der Waals surface area (Å²) in [5.74, 6) is 0.641. The van der Waals surface area contributed by atoms with Gasteiger partial charge in [0.25, 0.3) is 0 Å². The molecule has 0 amide bonds. The molecular weight excluding hydrogens is 881 g/mol. The second kappa shape index (κ2) is 15.7. The van der Waals surface area contributed by atoms with Crippen LogP contribution in [0.25, 0.3) is 142 Å². The molecule has 0 saturated heterocycles. The molecule has 0 N–H and O–H groups in total. The van der Waals surface area contributed by atoms with Crippen molar-refractivity contribution in [2.24, 2.45) is 0 Å². The Hall–Kier alpha value is -9.16. The van der Waals surface area contributed by atoms with Gasteiger partial charge in [-0.15, -0.1) is 11.3 Å². The van der Waals surface area contributed by atoms with E-state index in [1.807, 2.05) is 11.3 Å². The summed E-state index contributed by atoms with van der Waals surface area (Å²) in [6.45, 7) is 0. The lowest BCUT2D eigenvalue weighted by Gasteiger charge is -2.12. The van der Waals surface area contributed by atoms with Gasteiger partial charge in [-0.1, -0.05) is 170 Å². The van der Waals surface area contributed by atoms with Crippen LogP contribution in [0.4, 0.5) is 0 Å². The fourth-order valence-electron chi connectivity index (χ4n) is 11.3. The number of fused-ring (bicyclic) bond motifs is 12. The average molecular weight is 921 g/mol. The van der Waals surface area contributed by atoms with Crippen LogP contribution >= 0.6 is 11.3 Å². The minimum atomic E-state index is 0.641. The second-order valence-corrected chi connectivity index (χ2v) is 19.6. The van der Waals surface area contributed by atoms with Crippen molar-refractivity contribution in [2.45, 2.75) is 0 Å². The molecule has 11 aromatic carbocycles. The van der Waals surface area contributed by atoms with E-state index < -0.39 is 0 Å². The Kier molecular flexibility index (Phi) is 8.79. The minimum Gasteiger partial charge on any atom is -0.309 e. The number of thiophene rings is 1. The molecule has 4 nitrogen and oxygen atoms in total. The van der Waals surface area contributed by atoms with Crippen molar-refractivity contribution in [3.63, 3.8) is 0 Å². The predicted molar refractivity (Wildman–Crippen MR) is 300 cm³/mol. The number of rotatable bonds is 6. The molecule has 330 valence electrons. The Morgan fingerprint density at radius 1 is 0.296 bits per heavy atom. The van der Waals surface area contributed by atoms with E-state index in [9.17, 15) is 0 Å². The van der Waals surface area contributed by atoms with Crippen LogP contribution in [0.5, 0.6) is 0 Å². The lowest BCUT2D eigenvalue weighted by atomic mass is 9.94. The maximum absolute atomic E-state index is 5.46. The summed E-state index contributed by atoms with van der Waals surface area (Å²) in [5, 5.41) is 10.9. The Bertz CT molecular complexity index is 4620. The molecule has 15 rings (SSSR count). The lowest BCUT2D eigenvalue weighted by Crippen LogP contribution is -2.03. The van der Waals surface area contributed by atoms with Gasteiger partial charge in [0.05, 0.1) is 33.3 Å². The molecular formula is C66H40N4S. The lowest BCUT2D eigenvalue weighted by molar-refractivity contribution is 1.01. The second-order valence-electron chi connectivity index (χ2n) is 18.5. The summed E-state index contributed by atoms with van der Waals surface area (Å²) in [4.78, 5) is 10.8. The van der Waals surface area contributed by atoms with E-state index in [0.717, 1.165) is 60.8 Å². The van der Waals surface area contributed by atoms with E-state index in [2.05, 4.69) is 252 Å². The molecule has 0 aliphatic rings. The van der Waals surface area contributed by atoms with E-state index >= 15 is 0 Å². The van der Waals surface area contributed by atoms with Gasteiger partial charge in [-0.2, -0.15) is 0 Å². The average Bonchev–Trinajstić information content (AvgIpc) is 4.10. The van der Waals surface area contributed by atoms with Crippen LogP contribution in [0.2, 0.25) is 0 Å². The molecule has 4 heterocycles. The molecule has 0 fully saturated rings. The fraction of sp³-hybridized carbons (Fsp3) is 0. The standard InChI is InChI=1S/C66H40N4S/c1-4-16-41(17-5-1)53-40-63-64(51-24-11-10-22-48(51)53)56-38-45(31-35-62(56)71-63)46-28-32-50-55-37-44(43-29-33-59-54(36-43)49-23-13-15-27-58(49)69(59)47-20-8-3-9-21-47)30-34-60(55)70(61(50)39-46)66-67-57-26-14-12-25-52(57)65(68-66)42-18-6-2-7-19-42/h1-40H. The minimum absolute atomic E-state index is 0.641. The van der Waals surface area contributed by atoms with Crippen molar-refractivity contribution in [2.75, 3.05) is 0 Å². The maximum Gasteiger partial charge on any atom is 0.235 e. The van der Waals surface area contributed by atoms with Crippen molar-refractivity contribution in [1.29, 1.82) is 0 Å². The summed E-state index contributed by atoms with van der Waals surface area (Å²) >= 11 is 1.87. The maximum atomic E-state index is 5.46. The number of para-hydroxylation sites is 3. The zero-order chi connectivity index (χ0) is 46.6. The van der Waals surface area contributed by atoms with Crippen LogP contribution in [-0.2, 0) is 0 Å². The molecule has 0 saturated carbocycles. The highest BCUT2D eigenvalue weighted by molar-refractivity contribution is 7.26. The molecule has 4 aromatic heterocycles. The normalized spacial score (nSPS) is 11.9. The topological polar surface area (TPSA) is 35.6 Å². The molecule has 0 bridgehead atoms. The Labute approximate surface area is 412 Å². The molecule has 0 aliphatic carbocycles. The smallest absolute Gasteiger partial charge is 0.235 e. The van der Waals surface area contributed by atoms with E-state index in [1.54, 1.807) is 0 Å². The van der Waals surface area contributed by atoms with E-state index in [-0.39, 0.29) is 0 Å². The first-order chi connectivity index (χ1) is 35.2. The third-order valence-corrected chi connectivity index (χ3v) is 15.6. The summed E-state index contributed by atoms with van der Waals surface area (Å²) in [5.41, 5.74) is 15.6. The largest absolute Gasteiger partial charge is 0.309 e. The van der Waals surface area contributed by atoms with Gasteiger partial charge in [-0.3, -0.25) is 4.57 Å². The predicted octanol–water partition coefficient (Wildman–Crippen LogP) is 18.0. The van der Waals surface area contributed by atoms with Crippen LogP contribution in [0.1, 0.15) is 0 Å². The zero-order valence-electron chi connectivity index (χ0n) is 38.3. The van der Waals surface area contributed by atoms with Gasteiger partial charge in [-0.05, 0) is 117 Å². The van der Waals surface area contributed by atoms with E-state index in [1.165, 1.54) is 75.0 Å². The third-order valence-electron chi connectivity index (χ3n) is 14.5. The molecule has 15 aromatic rings. The van der Waals surface area contributed by atoms with Gasteiger partial charge in [-0.25, -0.2) is 9.97 Å². The number of nitrogens with zero attached hydrogens (tertiary/aromatic N) is 4. The summed E-state index contributed by atoms with van der Waals surface area (Å²) in [7, 11) is 0. The number of hydrogen-bond acceptors (Lipinski definition) is 3. The quantitative estimate of drug-likeness (QED) is 0.167. The monoisotopic (exact) mass is 920 g/mol. The van der Waals surface area contributed by atoms with Gasteiger partial charge >= 0.3 is 0 Å². The van der Waals surface area contributed by atoms with Crippen molar-refractivity contribution in [3.8, 4) is 56.3 Å². The Morgan fingerprint density at radius 3 is 1.58 bits per heavy atom. The van der Waals surface area contributed by atoms with Gasteiger partial charge in [0.1, 0.15) is 0 Å². The SMILES string of the molecule is c1ccc(-c2nc(-n3c4ccc(-c5ccc6c(c5)c5ccccc5n6-c5ccccc5)cc4c4ccc(-c5ccc6sc7cc(-c8ccccc8)c8ccccc8c7c6c5)cc43)nc3ccccc23)cc1. The first-order valence-electron chi connectivity index (χ1n) is 24.1. The van der Waals surface area contributed by atoms with Crippen molar-refractivity contribution in [3.05, 3.63) is 243 Å². The molecule has 71 heavy (non-hydrogen) atoms. The summed E-state index contributed by atoms with van der Waals surface area (Å²) in [6.07, 6.45) is 0. The first-order valence-corrected chi connectivity index (χ1v) is 25.0. The van der Waals surface area contributed by atoms with Crippen LogP contribution in [-0.4, -0.2) is 19.1 Å². The number of hydrogen-bond donors (Lipinski definition) is 0. The molecule has 0 unspecified atom stereocenters. The first kappa shape index (κ1) is 39.8. The Morgan fingerprint density at radius 2 is 0.831 bits per heavy atom. The van der Waals surface area contributed by atoms with Gasteiger partial charge in [0.15, 0.2) is 0 Å². The number of aromatic nitrogens is 4. The third kappa shape index (κ3) is 6.23. The summed E-state index contributed by atoms with van der Waals surface area (Å²) in [6, 6.07) is 88.0. The highest BCUT2D eigenvalue weighted by Crippen LogP contribution is 2.45. The van der Waals surface area contributed by atoms with E-state index in [0.29, 0.717) is 5.95 Å². The molecule has 5 heteroatoms. The summed E-state index contributed by atoms with van der Waals surface area (Å²) < 4.78 is 7.23. The molecule has 0 spiro atoms. The van der Waals surface area contributed by atoms with Gasteiger partial charge in [0.2, 0.25) is 5.95 Å². The van der Waals surface area contributed by atoms with Crippen molar-refractivity contribution < 1.29 is 0 Å². The number of benzene rings is 11. The van der Waals surface area contributed by atoms with Gasteiger partial charge < -0.3 is 4.57 Å². The molecule has 0 atom stereocenters. The molecule has 0 radical (unpaired) electrons. The highest BCUT2D eigenvalue weighted by atomic mass is 32.1. The van der Waals surface area contributed by atoms with Crippen LogP contribution in [0.3, 0.4) is 0 Å². The van der Waals surface area contributed by atoms with Crippen LogP contribution in [0, 0.1) is 0 Å². The van der Waals surface area contributed by atoms with Gasteiger partial charge in [0, 0.05) is 58.4 Å². The van der Waals surface area contributed by atoms with Crippen molar-refractivity contribution >= 4 is 96.8 Å². The highest BCUT2D eigenvalue weighted by Gasteiger charge is 2.21.